The molecule has 0 bridgehead atoms. The third kappa shape index (κ3) is 8.17. The van der Waals surface area contributed by atoms with Gasteiger partial charge in [0.1, 0.15) is 23.7 Å². The summed E-state index contributed by atoms with van der Waals surface area (Å²) in [6.45, 7) is 3.82. The van der Waals surface area contributed by atoms with Crippen molar-refractivity contribution < 1.29 is 38.9 Å². The van der Waals surface area contributed by atoms with Crippen molar-refractivity contribution in [2.75, 3.05) is 27.3 Å². The Labute approximate surface area is 311 Å². The van der Waals surface area contributed by atoms with Crippen LogP contribution in [0.4, 0.5) is 9.59 Å². The van der Waals surface area contributed by atoms with Gasteiger partial charge in [0.15, 0.2) is 0 Å². The fourth-order valence-electron chi connectivity index (χ4n) is 6.93. The number of amides is 4. The van der Waals surface area contributed by atoms with E-state index >= 15 is 0 Å². The number of likely N-dealkylation sites (tertiary alicyclic amines) is 2. The van der Waals surface area contributed by atoms with Crippen LogP contribution in [0.25, 0.3) is 22.3 Å². The van der Waals surface area contributed by atoms with Crippen molar-refractivity contribution in [2.24, 2.45) is 0 Å². The lowest BCUT2D eigenvalue weighted by Crippen LogP contribution is -2.53. The van der Waals surface area contributed by atoms with Crippen LogP contribution in [0.5, 0.6) is 0 Å². The van der Waals surface area contributed by atoms with Gasteiger partial charge in [-0.2, -0.15) is 0 Å². The van der Waals surface area contributed by atoms with E-state index in [2.05, 4.69) is 46.9 Å². The number of hydrogen-bond donors (Lipinski definition) is 6. The number of aromatic amines is 2. The van der Waals surface area contributed by atoms with Crippen LogP contribution in [0.1, 0.15) is 74.4 Å². The molecule has 2 aliphatic heterocycles. The van der Waals surface area contributed by atoms with Crippen molar-refractivity contribution in [3.8, 4) is 23.1 Å². The number of carbonyl (C=O) groups excluding carboxylic acids is 4. The summed E-state index contributed by atoms with van der Waals surface area (Å²) < 4.78 is 9.26. The number of aliphatic hydroxyl groups is 2. The summed E-state index contributed by atoms with van der Waals surface area (Å²) in [5.74, 6) is 6.83. The quantitative estimate of drug-likeness (QED) is 0.138. The van der Waals surface area contributed by atoms with E-state index in [0.29, 0.717) is 37.6 Å². The Morgan fingerprint density at radius 2 is 1.33 bits per heavy atom. The first kappa shape index (κ1) is 37.8. The molecule has 16 nitrogen and oxygen atoms in total. The average Bonchev–Trinajstić information content (AvgIpc) is 4.00. The average molecular weight is 741 g/mol. The van der Waals surface area contributed by atoms with Gasteiger partial charge in [-0.05, 0) is 75.4 Å². The monoisotopic (exact) mass is 740 g/mol. The molecule has 6 rings (SSSR count). The summed E-state index contributed by atoms with van der Waals surface area (Å²) in [6.07, 6.45) is 0.753. The maximum Gasteiger partial charge on any atom is 0.407 e. The zero-order chi connectivity index (χ0) is 38.5. The number of nitrogens with zero attached hydrogens (tertiary/aromatic N) is 4. The fourth-order valence-corrected chi connectivity index (χ4v) is 6.93. The molecule has 16 heteroatoms. The minimum Gasteiger partial charge on any atom is -0.453 e. The number of fused-ring (bicyclic) bond motifs is 1. The van der Waals surface area contributed by atoms with Crippen molar-refractivity contribution in [3.05, 3.63) is 71.4 Å². The summed E-state index contributed by atoms with van der Waals surface area (Å²) in [6, 6.07) is 10.4. The molecule has 0 radical (unpaired) electrons. The first-order chi connectivity index (χ1) is 26.0. The smallest absolute Gasteiger partial charge is 0.407 e. The standard InChI is InChI=1S/C38H44N8O8/c1-21(47)31(43-37(51)53-3)35(49)45-17-5-7-29(45)33-39-20-28(42-33)25-14-11-23(12-15-25)9-10-24-13-16-26-27(19-24)41-34(40-26)30-8-6-18-46(30)36(50)32(22(2)48)44-38(52)54-4/h11-16,19-22,29-32,47-48H,5-8,17-18H2,1-4H3,(H,39,42)(H,40,41)(H,43,51)(H,44,52). The van der Waals surface area contributed by atoms with Crippen molar-refractivity contribution in [3.63, 3.8) is 0 Å². The van der Waals surface area contributed by atoms with Gasteiger partial charge in [0, 0.05) is 24.2 Å². The Balaban J connectivity index is 1.12. The third-order valence-corrected chi connectivity index (χ3v) is 9.76. The van der Waals surface area contributed by atoms with Gasteiger partial charge in [0.25, 0.3) is 0 Å². The highest BCUT2D eigenvalue weighted by Crippen LogP contribution is 2.34. The Hall–Kier alpha value is -5.92. The molecule has 6 N–H and O–H groups in total. The van der Waals surface area contributed by atoms with Crippen molar-refractivity contribution in [1.82, 2.24) is 40.4 Å². The second-order valence-corrected chi connectivity index (χ2v) is 13.5. The molecule has 284 valence electrons. The number of aromatic nitrogens is 4. The van der Waals surface area contributed by atoms with Gasteiger partial charge in [-0.1, -0.05) is 24.0 Å². The normalized spacial score (nSPS) is 19.0. The largest absolute Gasteiger partial charge is 0.453 e. The highest BCUT2D eigenvalue weighted by Gasteiger charge is 2.39. The number of alkyl carbamates (subject to hydrolysis) is 2. The molecule has 0 saturated carbocycles. The van der Waals surface area contributed by atoms with E-state index in [0.717, 1.165) is 46.3 Å². The highest BCUT2D eigenvalue weighted by atomic mass is 16.5. The van der Waals surface area contributed by atoms with Crippen LogP contribution in [-0.4, -0.2) is 116 Å². The first-order valence-electron chi connectivity index (χ1n) is 17.8. The Morgan fingerprint density at radius 3 is 1.89 bits per heavy atom. The molecular formula is C38H44N8O8. The van der Waals surface area contributed by atoms with Gasteiger partial charge in [0.2, 0.25) is 11.8 Å². The lowest BCUT2D eigenvalue weighted by atomic mass is 10.1. The minimum absolute atomic E-state index is 0.335. The lowest BCUT2D eigenvalue weighted by Gasteiger charge is -2.29. The van der Waals surface area contributed by atoms with Crippen LogP contribution in [0.3, 0.4) is 0 Å². The van der Waals surface area contributed by atoms with Crippen molar-refractivity contribution >= 4 is 35.0 Å². The Bertz CT molecular complexity index is 2060. The number of ether oxygens (including phenoxy) is 2. The van der Waals surface area contributed by atoms with Crippen molar-refractivity contribution in [1.29, 1.82) is 0 Å². The molecule has 2 aromatic carbocycles. The number of aliphatic hydroxyl groups excluding tert-OH is 2. The maximum absolute atomic E-state index is 13.4. The number of H-pyrrole nitrogens is 2. The molecular weight excluding hydrogens is 696 g/mol. The van der Waals surface area contributed by atoms with Gasteiger partial charge in [0.05, 0.1) is 61.4 Å². The molecule has 0 spiro atoms. The van der Waals surface area contributed by atoms with Gasteiger partial charge >= 0.3 is 12.2 Å². The molecule has 2 aliphatic rings. The van der Waals surface area contributed by atoms with E-state index in [1.54, 1.807) is 16.0 Å². The number of benzene rings is 2. The SMILES string of the molecule is COC(=O)NC(C(=O)N1CCCC1c1ncc(-c2ccc(C#Cc3ccc4nc(C5CCCN5C(=O)C(NC(=O)OC)C(C)O)[nH]c4c3)cc2)[nH]1)C(C)O. The van der Waals surface area contributed by atoms with E-state index < -0.39 is 48.3 Å². The molecule has 0 aliphatic carbocycles. The number of nitrogens with one attached hydrogen (secondary N) is 4. The topological polar surface area (TPSA) is 215 Å². The van der Waals surface area contributed by atoms with E-state index in [9.17, 15) is 29.4 Å². The van der Waals surface area contributed by atoms with E-state index in [-0.39, 0.29) is 12.1 Å². The molecule has 2 aromatic heterocycles. The number of carbonyl (C=O) groups is 4. The van der Waals surface area contributed by atoms with E-state index in [4.69, 9.17) is 4.98 Å². The summed E-state index contributed by atoms with van der Waals surface area (Å²) in [4.78, 5) is 69.6. The van der Waals surface area contributed by atoms with Gasteiger partial charge < -0.3 is 50.1 Å². The number of imidazole rings is 2. The van der Waals surface area contributed by atoms with E-state index in [1.807, 2.05) is 42.5 Å². The predicted octanol–water partition coefficient (Wildman–Crippen LogP) is 2.89. The molecule has 2 saturated heterocycles. The van der Waals surface area contributed by atoms with Crippen LogP contribution in [-0.2, 0) is 19.1 Å². The minimum atomic E-state index is -1.15. The molecule has 4 amide bonds. The van der Waals surface area contributed by atoms with Crippen LogP contribution >= 0.6 is 0 Å². The van der Waals surface area contributed by atoms with Crippen LogP contribution < -0.4 is 10.6 Å². The molecule has 6 unspecified atom stereocenters. The second kappa shape index (κ2) is 16.4. The highest BCUT2D eigenvalue weighted by molar-refractivity contribution is 5.87. The predicted molar refractivity (Wildman–Crippen MR) is 195 cm³/mol. The second-order valence-electron chi connectivity index (χ2n) is 13.5. The van der Waals surface area contributed by atoms with E-state index in [1.165, 1.54) is 28.1 Å². The summed E-state index contributed by atoms with van der Waals surface area (Å²) in [7, 11) is 2.40. The third-order valence-electron chi connectivity index (χ3n) is 9.76. The van der Waals surface area contributed by atoms with Crippen molar-refractivity contribution in [2.45, 2.75) is 75.9 Å². The molecule has 4 aromatic rings. The van der Waals surface area contributed by atoms with Crippen LogP contribution in [0.2, 0.25) is 0 Å². The van der Waals surface area contributed by atoms with Crippen LogP contribution in [0.15, 0.2) is 48.7 Å². The summed E-state index contributed by atoms with van der Waals surface area (Å²) >= 11 is 0. The zero-order valence-electron chi connectivity index (χ0n) is 30.5. The molecule has 2 fully saturated rings. The molecule has 6 atom stereocenters. The maximum atomic E-state index is 13.4. The van der Waals surface area contributed by atoms with Gasteiger partial charge in [-0.3, -0.25) is 9.59 Å². The van der Waals surface area contributed by atoms with Gasteiger partial charge in [-0.15, -0.1) is 0 Å². The molecule has 4 heterocycles. The Morgan fingerprint density at radius 1 is 0.796 bits per heavy atom. The number of rotatable bonds is 9. The van der Waals surface area contributed by atoms with Crippen LogP contribution in [0, 0.1) is 11.8 Å². The first-order valence-corrected chi connectivity index (χ1v) is 17.8. The summed E-state index contributed by atoms with van der Waals surface area (Å²) in [5, 5.41) is 25.3. The number of hydrogen-bond acceptors (Lipinski definition) is 10. The zero-order valence-corrected chi connectivity index (χ0v) is 30.5. The summed E-state index contributed by atoms with van der Waals surface area (Å²) in [5.41, 5.74) is 4.72. The lowest BCUT2D eigenvalue weighted by molar-refractivity contribution is -0.137. The fraction of sp³-hybridized carbons (Fsp3) is 0.421. The van der Waals surface area contributed by atoms with Gasteiger partial charge in [-0.25, -0.2) is 19.6 Å². The number of methoxy groups -OCH3 is 2. The molecule has 54 heavy (non-hydrogen) atoms. The Kier molecular flexibility index (Phi) is 11.5.